The van der Waals surface area contributed by atoms with E-state index in [1.807, 2.05) is 32.0 Å². The van der Waals surface area contributed by atoms with Gasteiger partial charge in [-0.2, -0.15) is 0 Å². The predicted molar refractivity (Wildman–Crippen MR) is 87.9 cm³/mol. The van der Waals surface area contributed by atoms with Crippen LogP contribution in [0.5, 0.6) is 0 Å². The van der Waals surface area contributed by atoms with E-state index in [4.69, 9.17) is 5.11 Å². The highest BCUT2D eigenvalue weighted by molar-refractivity contribution is 9.10. The van der Waals surface area contributed by atoms with Gasteiger partial charge in [0, 0.05) is 24.2 Å². The molecule has 20 heavy (non-hydrogen) atoms. The maximum atomic E-state index is 9.06. The maximum Gasteiger partial charge on any atom is 0.191 e. The molecule has 0 saturated carbocycles. The second-order valence-electron chi connectivity index (χ2n) is 4.89. The number of benzene rings is 1. The number of hydrogen-bond donors (Lipinski definition) is 3. The molecule has 0 aliphatic rings. The first-order valence-electron chi connectivity index (χ1n) is 6.98. The van der Waals surface area contributed by atoms with Gasteiger partial charge >= 0.3 is 0 Å². The predicted octanol–water partition coefficient (Wildman–Crippen LogP) is 2.69. The zero-order valence-electron chi connectivity index (χ0n) is 12.4. The fourth-order valence-electron chi connectivity index (χ4n) is 1.73. The molecule has 0 saturated heterocycles. The van der Waals surface area contributed by atoms with Crippen molar-refractivity contribution in [3.05, 3.63) is 34.3 Å². The number of hydrogen-bond acceptors (Lipinski definition) is 2. The lowest BCUT2D eigenvalue weighted by Gasteiger charge is -2.19. The SMILES string of the molecule is CCNC(=NCC(C)CO)NC(C)c1ccccc1Br. The van der Waals surface area contributed by atoms with Crippen LogP contribution in [-0.2, 0) is 0 Å². The molecular weight excluding hydrogens is 318 g/mol. The second-order valence-corrected chi connectivity index (χ2v) is 5.75. The van der Waals surface area contributed by atoms with E-state index in [-0.39, 0.29) is 18.6 Å². The fourth-order valence-corrected chi connectivity index (χ4v) is 2.36. The molecule has 1 rings (SSSR count). The van der Waals surface area contributed by atoms with Crippen LogP contribution in [0, 0.1) is 5.92 Å². The molecule has 0 aromatic heterocycles. The first kappa shape index (κ1) is 17.0. The van der Waals surface area contributed by atoms with Crippen LogP contribution in [0.1, 0.15) is 32.4 Å². The molecule has 0 heterocycles. The third-order valence-corrected chi connectivity index (χ3v) is 3.66. The molecule has 0 spiro atoms. The van der Waals surface area contributed by atoms with Gasteiger partial charge in [-0.3, -0.25) is 4.99 Å². The molecule has 0 fully saturated rings. The summed E-state index contributed by atoms with van der Waals surface area (Å²) in [6.07, 6.45) is 0. The third-order valence-electron chi connectivity index (χ3n) is 2.94. The zero-order valence-corrected chi connectivity index (χ0v) is 13.9. The first-order valence-corrected chi connectivity index (χ1v) is 7.77. The number of halogens is 1. The van der Waals surface area contributed by atoms with Crippen molar-refractivity contribution in [1.29, 1.82) is 0 Å². The lowest BCUT2D eigenvalue weighted by molar-refractivity contribution is 0.241. The Morgan fingerprint density at radius 2 is 2.05 bits per heavy atom. The standard InChI is InChI=1S/C15H24BrN3O/c1-4-17-15(18-9-11(2)10-20)19-12(3)13-7-5-6-8-14(13)16/h5-8,11-12,20H,4,9-10H2,1-3H3,(H2,17,18,19). The molecule has 4 nitrogen and oxygen atoms in total. The maximum absolute atomic E-state index is 9.06. The van der Waals surface area contributed by atoms with E-state index in [0.29, 0.717) is 6.54 Å². The Morgan fingerprint density at radius 1 is 1.35 bits per heavy atom. The summed E-state index contributed by atoms with van der Waals surface area (Å²) in [5.41, 5.74) is 1.19. The van der Waals surface area contributed by atoms with Gasteiger partial charge in [-0.25, -0.2) is 0 Å². The van der Waals surface area contributed by atoms with Crippen LogP contribution >= 0.6 is 15.9 Å². The highest BCUT2D eigenvalue weighted by Gasteiger charge is 2.10. The van der Waals surface area contributed by atoms with Crippen molar-refractivity contribution in [1.82, 2.24) is 10.6 Å². The molecule has 2 unspecified atom stereocenters. The summed E-state index contributed by atoms with van der Waals surface area (Å²) in [5.74, 6) is 0.945. The number of aliphatic imine (C=N–C) groups is 1. The summed E-state index contributed by atoms with van der Waals surface area (Å²) in [4.78, 5) is 4.50. The summed E-state index contributed by atoms with van der Waals surface area (Å²) in [7, 11) is 0. The molecule has 0 aliphatic heterocycles. The molecule has 0 aliphatic carbocycles. The van der Waals surface area contributed by atoms with E-state index < -0.39 is 0 Å². The largest absolute Gasteiger partial charge is 0.396 e. The Balaban J connectivity index is 2.72. The molecular formula is C15H24BrN3O. The molecule has 0 radical (unpaired) electrons. The van der Waals surface area contributed by atoms with Crippen LogP contribution in [0.2, 0.25) is 0 Å². The quantitative estimate of drug-likeness (QED) is 0.550. The fraction of sp³-hybridized carbons (Fsp3) is 0.533. The van der Waals surface area contributed by atoms with Crippen LogP contribution in [0.3, 0.4) is 0 Å². The Bertz CT molecular complexity index is 437. The topological polar surface area (TPSA) is 56.7 Å². The molecule has 0 bridgehead atoms. The normalized spacial score (nSPS) is 14.8. The van der Waals surface area contributed by atoms with Gasteiger partial charge in [-0.05, 0) is 31.4 Å². The number of aliphatic hydroxyl groups is 1. The molecule has 112 valence electrons. The van der Waals surface area contributed by atoms with E-state index >= 15 is 0 Å². The van der Waals surface area contributed by atoms with E-state index in [1.165, 1.54) is 5.56 Å². The molecule has 2 atom stereocenters. The lowest BCUT2D eigenvalue weighted by Crippen LogP contribution is -2.39. The summed E-state index contributed by atoms with van der Waals surface area (Å²) in [5, 5.41) is 15.7. The van der Waals surface area contributed by atoms with E-state index in [2.05, 4.69) is 44.5 Å². The van der Waals surface area contributed by atoms with Crippen molar-refractivity contribution in [3.63, 3.8) is 0 Å². The number of rotatable bonds is 6. The lowest BCUT2D eigenvalue weighted by atomic mass is 10.1. The van der Waals surface area contributed by atoms with Crippen LogP contribution in [0.15, 0.2) is 33.7 Å². The highest BCUT2D eigenvalue weighted by Crippen LogP contribution is 2.22. The monoisotopic (exact) mass is 341 g/mol. The Labute approximate surface area is 129 Å². The number of nitrogens with zero attached hydrogens (tertiary/aromatic N) is 1. The van der Waals surface area contributed by atoms with Crippen molar-refractivity contribution in [3.8, 4) is 0 Å². The molecule has 1 aromatic carbocycles. The molecule has 0 amide bonds. The number of aliphatic hydroxyl groups excluding tert-OH is 1. The van der Waals surface area contributed by atoms with Gasteiger partial charge in [0.05, 0.1) is 6.04 Å². The molecule has 1 aromatic rings. The first-order chi connectivity index (χ1) is 9.58. The van der Waals surface area contributed by atoms with Gasteiger partial charge in [0.1, 0.15) is 0 Å². The number of nitrogens with one attached hydrogen (secondary N) is 2. The van der Waals surface area contributed by atoms with Gasteiger partial charge in [0.2, 0.25) is 0 Å². The summed E-state index contributed by atoms with van der Waals surface area (Å²) >= 11 is 3.57. The smallest absolute Gasteiger partial charge is 0.191 e. The van der Waals surface area contributed by atoms with Crippen LogP contribution in [0.4, 0.5) is 0 Å². The minimum atomic E-state index is 0.146. The minimum absolute atomic E-state index is 0.146. The van der Waals surface area contributed by atoms with Crippen molar-refractivity contribution in [2.75, 3.05) is 19.7 Å². The van der Waals surface area contributed by atoms with Crippen molar-refractivity contribution >= 4 is 21.9 Å². The van der Waals surface area contributed by atoms with Gasteiger partial charge in [0.15, 0.2) is 5.96 Å². The van der Waals surface area contributed by atoms with E-state index in [1.54, 1.807) is 0 Å². The third kappa shape index (κ3) is 5.51. The Morgan fingerprint density at radius 3 is 2.65 bits per heavy atom. The zero-order chi connectivity index (χ0) is 15.0. The average Bonchev–Trinajstić information content (AvgIpc) is 2.44. The highest BCUT2D eigenvalue weighted by atomic mass is 79.9. The van der Waals surface area contributed by atoms with Gasteiger partial charge in [0.25, 0.3) is 0 Å². The van der Waals surface area contributed by atoms with Gasteiger partial charge in [-0.1, -0.05) is 41.1 Å². The molecule has 3 N–H and O–H groups in total. The van der Waals surface area contributed by atoms with Crippen LogP contribution in [-0.4, -0.2) is 30.8 Å². The van der Waals surface area contributed by atoms with E-state index in [0.717, 1.165) is 17.0 Å². The average molecular weight is 342 g/mol. The van der Waals surface area contributed by atoms with Crippen LogP contribution in [0.25, 0.3) is 0 Å². The summed E-state index contributed by atoms with van der Waals surface area (Å²) in [6.45, 7) is 7.68. The summed E-state index contributed by atoms with van der Waals surface area (Å²) < 4.78 is 1.08. The van der Waals surface area contributed by atoms with Crippen LogP contribution < -0.4 is 10.6 Å². The van der Waals surface area contributed by atoms with Gasteiger partial charge in [-0.15, -0.1) is 0 Å². The van der Waals surface area contributed by atoms with Crippen molar-refractivity contribution in [2.45, 2.75) is 26.8 Å². The summed E-state index contributed by atoms with van der Waals surface area (Å²) in [6, 6.07) is 8.29. The van der Waals surface area contributed by atoms with Crippen molar-refractivity contribution < 1.29 is 5.11 Å². The van der Waals surface area contributed by atoms with Crippen molar-refractivity contribution in [2.24, 2.45) is 10.9 Å². The second kappa shape index (κ2) is 8.97. The van der Waals surface area contributed by atoms with E-state index in [9.17, 15) is 0 Å². The van der Waals surface area contributed by atoms with Gasteiger partial charge < -0.3 is 15.7 Å². The number of guanidine groups is 1. The minimum Gasteiger partial charge on any atom is -0.396 e. The Kier molecular flexibility index (Phi) is 7.62. The Hall–Kier alpha value is -1.07. The molecule has 5 heteroatoms.